The number of hydrogen-bond acceptors (Lipinski definition) is 5. The molecule has 0 atom stereocenters. The highest BCUT2D eigenvalue weighted by atomic mass is 32.2. The van der Waals surface area contributed by atoms with E-state index in [1.54, 1.807) is 0 Å². The Hall–Kier alpha value is -2.83. The van der Waals surface area contributed by atoms with Gasteiger partial charge in [0.05, 0.1) is 21.3 Å². The normalized spacial score (nSPS) is 19.5. The van der Waals surface area contributed by atoms with Gasteiger partial charge in [-0.2, -0.15) is 26.3 Å². The Morgan fingerprint density at radius 2 is 1.71 bits per heavy atom. The molecule has 0 spiro atoms. The largest absolute Gasteiger partial charge is 0.468 e. The van der Waals surface area contributed by atoms with Crippen molar-refractivity contribution >= 4 is 15.7 Å². The molecule has 1 aromatic carbocycles. The molecule has 1 N–H and O–H groups in total. The van der Waals surface area contributed by atoms with Gasteiger partial charge in [-0.3, -0.25) is 4.79 Å². The molecule has 0 unspecified atom stereocenters. The SMILES string of the molecule is O=C(NC1CCC(S(=O)(=O)c2cccc(C(F)(F)F)c2)CC1)c1ccc(OCC(F)(F)F)nc1. The van der Waals surface area contributed by atoms with E-state index in [0.29, 0.717) is 6.07 Å². The molecule has 0 aliphatic heterocycles. The van der Waals surface area contributed by atoms with Gasteiger partial charge in [-0.15, -0.1) is 0 Å². The van der Waals surface area contributed by atoms with Gasteiger partial charge >= 0.3 is 12.4 Å². The second kappa shape index (κ2) is 9.80. The van der Waals surface area contributed by atoms with Gasteiger partial charge in [-0.25, -0.2) is 13.4 Å². The number of amides is 1. The number of alkyl halides is 6. The van der Waals surface area contributed by atoms with Crippen molar-refractivity contribution in [3.63, 3.8) is 0 Å². The van der Waals surface area contributed by atoms with Crippen LogP contribution in [-0.4, -0.2) is 43.4 Å². The number of sulfone groups is 1. The summed E-state index contributed by atoms with van der Waals surface area (Å²) in [5, 5.41) is 1.83. The molecule has 13 heteroatoms. The molecule has 1 aliphatic rings. The number of halogens is 6. The minimum atomic E-state index is -4.66. The van der Waals surface area contributed by atoms with Crippen molar-refractivity contribution in [3.8, 4) is 5.88 Å². The fourth-order valence-corrected chi connectivity index (χ4v) is 5.42. The van der Waals surface area contributed by atoms with Crippen LogP contribution in [-0.2, 0) is 16.0 Å². The standard InChI is InChI=1S/C21H20F6N2O4S/c22-20(23,24)12-33-18-9-4-13(11-28-18)19(30)29-15-5-7-16(8-6-15)34(31,32)17-3-1-2-14(10-17)21(25,26)27/h1-4,9-11,15-16H,5-8,12H2,(H,29,30). The summed E-state index contributed by atoms with van der Waals surface area (Å²) in [5.41, 5.74) is -0.962. The van der Waals surface area contributed by atoms with Gasteiger partial charge in [-0.05, 0) is 49.9 Å². The smallest absolute Gasteiger partial charge is 0.422 e. The molecule has 1 aromatic heterocycles. The summed E-state index contributed by atoms with van der Waals surface area (Å²) < 4.78 is 105. The Morgan fingerprint density at radius 3 is 2.26 bits per heavy atom. The topological polar surface area (TPSA) is 85.4 Å². The van der Waals surface area contributed by atoms with Gasteiger partial charge < -0.3 is 10.1 Å². The third-order valence-electron chi connectivity index (χ3n) is 5.32. The first-order valence-electron chi connectivity index (χ1n) is 10.1. The summed E-state index contributed by atoms with van der Waals surface area (Å²) >= 11 is 0. The highest BCUT2D eigenvalue weighted by Crippen LogP contribution is 2.34. The number of nitrogens with one attached hydrogen (secondary N) is 1. The van der Waals surface area contributed by atoms with Crippen molar-refractivity contribution in [1.29, 1.82) is 0 Å². The Kier molecular flexibility index (Phi) is 7.44. The van der Waals surface area contributed by atoms with Gasteiger partial charge in [-0.1, -0.05) is 6.07 Å². The van der Waals surface area contributed by atoms with Gasteiger partial charge in [0.1, 0.15) is 0 Å². The molecule has 1 heterocycles. The summed E-state index contributed by atoms with van der Waals surface area (Å²) in [4.78, 5) is 15.6. The zero-order valence-corrected chi connectivity index (χ0v) is 18.3. The van der Waals surface area contributed by atoms with E-state index in [9.17, 15) is 39.6 Å². The summed E-state index contributed by atoms with van der Waals surface area (Å²) in [5.74, 6) is -0.840. The lowest BCUT2D eigenvalue weighted by Crippen LogP contribution is -2.40. The molecule has 186 valence electrons. The van der Waals surface area contributed by atoms with E-state index < -0.39 is 50.4 Å². The molecular weight excluding hydrogens is 490 g/mol. The molecule has 0 saturated heterocycles. The van der Waals surface area contributed by atoms with Gasteiger partial charge in [0, 0.05) is 18.3 Å². The number of benzene rings is 1. The predicted molar refractivity (Wildman–Crippen MR) is 108 cm³/mol. The minimum absolute atomic E-state index is 0.0815. The lowest BCUT2D eigenvalue weighted by atomic mass is 9.95. The zero-order valence-electron chi connectivity index (χ0n) is 17.5. The summed E-state index contributed by atoms with van der Waals surface area (Å²) in [7, 11) is -3.99. The number of carbonyl (C=O) groups excluding carboxylic acids is 1. The minimum Gasteiger partial charge on any atom is -0.468 e. The zero-order chi connectivity index (χ0) is 25.1. The molecule has 6 nitrogen and oxygen atoms in total. The van der Waals surface area contributed by atoms with Crippen LogP contribution in [0.25, 0.3) is 0 Å². The van der Waals surface area contributed by atoms with Crippen molar-refractivity contribution in [2.24, 2.45) is 0 Å². The van der Waals surface area contributed by atoms with Crippen molar-refractivity contribution in [2.75, 3.05) is 6.61 Å². The molecule has 0 radical (unpaired) electrons. The Balaban J connectivity index is 1.56. The van der Waals surface area contributed by atoms with E-state index in [2.05, 4.69) is 15.0 Å². The monoisotopic (exact) mass is 510 g/mol. The van der Waals surface area contributed by atoms with E-state index in [1.807, 2.05) is 0 Å². The first-order chi connectivity index (χ1) is 15.8. The Labute approximate surface area is 191 Å². The third-order valence-corrected chi connectivity index (χ3v) is 7.58. The average Bonchev–Trinajstić information content (AvgIpc) is 2.77. The maximum absolute atomic E-state index is 12.9. The maximum atomic E-state index is 12.9. The van der Waals surface area contributed by atoms with Crippen molar-refractivity contribution in [3.05, 3.63) is 53.7 Å². The molecule has 1 fully saturated rings. The van der Waals surface area contributed by atoms with Crippen LogP contribution in [0.5, 0.6) is 5.88 Å². The molecule has 1 aliphatic carbocycles. The van der Waals surface area contributed by atoms with Gasteiger partial charge in [0.15, 0.2) is 16.4 Å². The van der Waals surface area contributed by atoms with Crippen LogP contribution in [0.3, 0.4) is 0 Å². The molecular formula is C21H20F6N2O4S. The molecule has 3 rings (SSSR count). The number of pyridine rings is 1. The van der Waals surface area contributed by atoms with Crippen LogP contribution in [0.15, 0.2) is 47.5 Å². The number of ether oxygens (including phenoxy) is 1. The summed E-state index contributed by atoms with van der Waals surface area (Å²) in [6, 6.07) is 5.61. The van der Waals surface area contributed by atoms with Crippen LogP contribution < -0.4 is 10.1 Å². The molecule has 1 amide bonds. The first kappa shape index (κ1) is 25.8. The molecule has 34 heavy (non-hydrogen) atoms. The van der Waals surface area contributed by atoms with E-state index >= 15 is 0 Å². The van der Waals surface area contributed by atoms with Crippen LogP contribution in [0, 0.1) is 0 Å². The van der Waals surface area contributed by atoms with Crippen LogP contribution in [0.2, 0.25) is 0 Å². The number of hydrogen-bond donors (Lipinski definition) is 1. The quantitative estimate of drug-likeness (QED) is 0.577. The predicted octanol–water partition coefficient (Wildman–Crippen LogP) is 4.56. The molecule has 0 bridgehead atoms. The van der Waals surface area contributed by atoms with Crippen LogP contribution in [0.4, 0.5) is 26.3 Å². The number of rotatable bonds is 6. The second-order valence-electron chi connectivity index (χ2n) is 7.81. The van der Waals surface area contributed by atoms with Crippen LogP contribution in [0.1, 0.15) is 41.6 Å². The van der Waals surface area contributed by atoms with E-state index in [-0.39, 0.29) is 43.2 Å². The Bertz CT molecular complexity index is 1110. The van der Waals surface area contributed by atoms with Crippen LogP contribution >= 0.6 is 0 Å². The fraction of sp³-hybridized carbons (Fsp3) is 0.429. The highest BCUT2D eigenvalue weighted by Gasteiger charge is 2.36. The van der Waals surface area contributed by atoms with E-state index in [0.717, 1.165) is 30.5 Å². The number of nitrogens with zero attached hydrogens (tertiary/aromatic N) is 1. The van der Waals surface area contributed by atoms with Crippen molar-refractivity contribution in [1.82, 2.24) is 10.3 Å². The molecule has 1 saturated carbocycles. The van der Waals surface area contributed by atoms with E-state index in [4.69, 9.17) is 0 Å². The summed E-state index contributed by atoms with van der Waals surface area (Å²) in [6.45, 7) is -1.52. The summed E-state index contributed by atoms with van der Waals surface area (Å²) in [6.07, 6.45) is -7.26. The lowest BCUT2D eigenvalue weighted by Gasteiger charge is -2.29. The number of carbonyl (C=O) groups is 1. The van der Waals surface area contributed by atoms with Crippen molar-refractivity contribution in [2.45, 2.75) is 54.2 Å². The van der Waals surface area contributed by atoms with Gasteiger partial charge in [0.25, 0.3) is 5.91 Å². The highest BCUT2D eigenvalue weighted by molar-refractivity contribution is 7.92. The first-order valence-corrected chi connectivity index (χ1v) is 11.7. The molecule has 2 aromatic rings. The lowest BCUT2D eigenvalue weighted by molar-refractivity contribution is -0.154. The second-order valence-corrected chi connectivity index (χ2v) is 10.0. The number of aromatic nitrogens is 1. The van der Waals surface area contributed by atoms with E-state index in [1.165, 1.54) is 6.07 Å². The fourth-order valence-electron chi connectivity index (χ4n) is 3.58. The average molecular weight is 510 g/mol. The Morgan fingerprint density at radius 1 is 1.03 bits per heavy atom. The maximum Gasteiger partial charge on any atom is 0.422 e. The van der Waals surface area contributed by atoms with Crippen molar-refractivity contribution < 1.29 is 44.3 Å². The van der Waals surface area contributed by atoms with Gasteiger partial charge in [0.2, 0.25) is 5.88 Å². The third kappa shape index (κ3) is 6.61.